The number of aromatic nitrogens is 1. The quantitative estimate of drug-likeness (QED) is 0.342. The zero-order chi connectivity index (χ0) is 24.5. The summed E-state index contributed by atoms with van der Waals surface area (Å²) in [6.07, 6.45) is 2.84. The molecular formula is C27H30ClN3O5. The van der Waals surface area contributed by atoms with Gasteiger partial charge < -0.3 is 31.2 Å². The Kier molecular flexibility index (Phi) is 7.49. The number of ether oxygens (including phenoxy) is 1. The van der Waals surface area contributed by atoms with Crippen molar-refractivity contribution < 1.29 is 40.7 Å². The van der Waals surface area contributed by atoms with E-state index in [9.17, 15) is 14.7 Å². The summed E-state index contributed by atoms with van der Waals surface area (Å²) in [7, 11) is 0. The predicted octanol–water partition coefficient (Wildman–Crippen LogP) is 0.0138. The molecule has 1 amide bonds. The second-order valence-corrected chi connectivity index (χ2v) is 9.70. The van der Waals surface area contributed by atoms with Crippen LogP contribution in [0.1, 0.15) is 29.7 Å². The monoisotopic (exact) mass is 511 g/mol. The van der Waals surface area contributed by atoms with Crippen LogP contribution in [0.2, 0.25) is 0 Å². The Morgan fingerprint density at radius 3 is 2.19 bits per heavy atom. The van der Waals surface area contributed by atoms with E-state index in [0.29, 0.717) is 27.8 Å². The first kappa shape index (κ1) is 25.9. The minimum absolute atomic E-state index is 0. The van der Waals surface area contributed by atoms with Crippen molar-refractivity contribution in [2.75, 3.05) is 31.5 Å². The number of halogens is 1. The number of nitrogens with one attached hydrogen (secondary N) is 1. The molecule has 0 saturated carbocycles. The fourth-order valence-corrected chi connectivity index (χ4v) is 5.44. The van der Waals surface area contributed by atoms with E-state index in [1.165, 1.54) is 6.26 Å². The molecule has 4 heterocycles. The van der Waals surface area contributed by atoms with Gasteiger partial charge in [0.05, 0.1) is 18.8 Å². The number of esters is 1. The van der Waals surface area contributed by atoms with Crippen molar-refractivity contribution in [2.45, 2.75) is 31.5 Å². The molecule has 0 spiro atoms. The molecular weight excluding hydrogens is 482 g/mol. The summed E-state index contributed by atoms with van der Waals surface area (Å²) in [5.41, 5.74) is -0.300. The number of rotatable bonds is 7. The Morgan fingerprint density at radius 1 is 1.08 bits per heavy atom. The highest BCUT2D eigenvalue weighted by molar-refractivity contribution is 5.89. The largest absolute Gasteiger partial charge is 1.00 e. The SMILES string of the molecule is Cc1coc(NC(=O)C[N+]23CCC(CC2)[C@@H](OC(=O)C(O)(c2ccccc2)c2ccccc2)C3)n1.[Cl-]. The van der Waals surface area contributed by atoms with Crippen LogP contribution in [0.3, 0.4) is 0 Å². The number of benzene rings is 2. The molecule has 3 aromatic rings. The molecule has 0 aliphatic carbocycles. The van der Waals surface area contributed by atoms with E-state index in [-0.39, 0.29) is 42.9 Å². The summed E-state index contributed by atoms with van der Waals surface area (Å²) < 4.78 is 11.8. The van der Waals surface area contributed by atoms with Gasteiger partial charge >= 0.3 is 12.0 Å². The zero-order valence-electron chi connectivity index (χ0n) is 20.1. The van der Waals surface area contributed by atoms with Crippen molar-refractivity contribution in [3.63, 3.8) is 0 Å². The number of aryl methyl sites for hydroxylation is 1. The van der Waals surface area contributed by atoms with E-state index in [2.05, 4.69) is 10.3 Å². The maximum atomic E-state index is 13.6. The molecule has 3 saturated heterocycles. The van der Waals surface area contributed by atoms with Crippen LogP contribution in [-0.2, 0) is 19.9 Å². The lowest BCUT2D eigenvalue weighted by atomic mass is 9.82. The molecule has 1 atom stereocenters. The van der Waals surface area contributed by atoms with Crippen molar-refractivity contribution in [2.24, 2.45) is 5.92 Å². The number of fused-ring (bicyclic) bond motifs is 3. The number of nitrogens with zero attached hydrogens (tertiary/aromatic N) is 2. The van der Waals surface area contributed by atoms with Crippen LogP contribution >= 0.6 is 0 Å². The van der Waals surface area contributed by atoms with Crippen LogP contribution in [0, 0.1) is 12.8 Å². The number of oxazole rings is 1. The second kappa shape index (κ2) is 10.4. The average Bonchev–Trinajstić information content (AvgIpc) is 3.29. The van der Waals surface area contributed by atoms with Gasteiger partial charge in [-0.1, -0.05) is 60.7 Å². The molecule has 2 N–H and O–H groups in total. The number of anilines is 1. The molecule has 0 unspecified atom stereocenters. The lowest BCUT2D eigenvalue weighted by molar-refractivity contribution is -0.939. The van der Waals surface area contributed by atoms with Gasteiger partial charge in [-0.15, -0.1) is 0 Å². The number of hydrogen-bond acceptors (Lipinski definition) is 6. The first-order valence-corrected chi connectivity index (χ1v) is 12.0. The Balaban J connectivity index is 0.00000304. The molecule has 8 nitrogen and oxygen atoms in total. The van der Waals surface area contributed by atoms with Crippen LogP contribution in [0.5, 0.6) is 0 Å². The molecule has 9 heteroatoms. The number of quaternary nitrogens is 1. The maximum Gasteiger partial charge on any atom is 0.348 e. The first-order valence-electron chi connectivity index (χ1n) is 12.0. The minimum Gasteiger partial charge on any atom is -1.00 e. The van der Waals surface area contributed by atoms with Crippen LogP contribution in [0.25, 0.3) is 0 Å². The smallest absolute Gasteiger partial charge is 0.348 e. The molecule has 6 rings (SSSR count). The Hall–Kier alpha value is -3.20. The highest BCUT2D eigenvalue weighted by Crippen LogP contribution is 2.38. The normalized spacial score (nSPS) is 22.9. The predicted molar refractivity (Wildman–Crippen MR) is 128 cm³/mol. The summed E-state index contributed by atoms with van der Waals surface area (Å²) in [5, 5.41) is 14.5. The Morgan fingerprint density at radius 2 is 1.67 bits per heavy atom. The topological polar surface area (TPSA) is 102 Å². The number of carbonyl (C=O) groups is 2. The molecule has 0 radical (unpaired) electrons. The molecule has 3 aliphatic heterocycles. The fraction of sp³-hybridized carbons (Fsp3) is 0.370. The van der Waals surface area contributed by atoms with Gasteiger partial charge in [0, 0.05) is 18.8 Å². The van der Waals surface area contributed by atoms with Crippen LogP contribution < -0.4 is 17.7 Å². The van der Waals surface area contributed by atoms with E-state index in [4.69, 9.17) is 9.15 Å². The number of amides is 1. The van der Waals surface area contributed by atoms with Crippen molar-refractivity contribution in [3.8, 4) is 0 Å². The fourth-order valence-electron chi connectivity index (χ4n) is 5.44. The third-order valence-electron chi connectivity index (χ3n) is 7.32. The van der Waals surface area contributed by atoms with Gasteiger partial charge in [0.2, 0.25) is 5.60 Å². The molecule has 190 valence electrons. The molecule has 3 fully saturated rings. The van der Waals surface area contributed by atoms with Gasteiger partial charge in [-0.05, 0) is 18.1 Å². The van der Waals surface area contributed by atoms with Crippen molar-refractivity contribution >= 4 is 17.9 Å². The molecule has 36 heavy (non-hydrogen) atoms. The third kappa shape index (κ3) is 5.02. The number of piperidine rings is 3. The minimum atomic E-state index is -1.92. The van der Waals surface area contributed by atoms with Gasteiger partial charge in [-0.2, -0.15) is 4.98 Å². The maximum absolute atomic E-state index is 13.6. The van der Waals surface area contributed by atoms with Crippen molar-refractivity contribution in [1.82, 2.24) is 4.98 Å². The van der Waals surface area contributed by atoms with E-state index >= 15 is 0 Å². The van der Waals surface area contributed by atoms with Gasteiger partial charge in [0.25, 0.3) is 5.91 Å². The summed E-state index contributed by atoms with van der Waals surface area (Å²) in [6, 6.07) is 18.0. The van der Waals surface area contributed by atoms with E-state index in [1.54, 1.807) is 55.5 Å². The summed E-state index contributed by atoms with van der Waals surface area (Å²) in [4.78, 5) is 30.5. The zero-order valence-corrected chi connectivity index (χ0v) is 20.9. The van der Waals surface area contributed by atoms with Crippen molar-refractivity contribution in [3.05, 3.63) is 83.7 Å². The van der Waals surface area contributed by atoms with Crippen LogP contribution in [0.4, 0.5) is 6.01 Å². The highest BCUT2D eigenvalue weighted by atomic mass is 35.5. The number of hydrogen-bond donors (Lipinski definition) is 2. The standard InChI is InChI=1S/C27H29N3O5.ClH/c1-19-18-34-26(28-19)29-24(31)17-30-14-12-20(13-15-30)23(16-30)35-25(32)27(33,21-8-4-2-5-9-21)22-10-6-3-7-11-22;/h2-11,18,20,23,33H,12-17H2,1H3;1H/t20?,23-,30?;/m0./s1. The lowest BCUT2D eigenvalue weighted by Gasteiger charge is -2.51. The summed E-state index contributed by atoms with van der Waals surface area (Å²) in [5.74, 6) is -0.652. The van der Waals surface area contributed by atoms with E-state index < -0.39 is 11.6 Å². The second-order valence-electron chi connectivity index (χ2n) is 9.70. The first-order chi connectivity index (χ1) is 16.9. The lowest BCUT2D eigenvalue weighted by Crippen LogP contribution is -3.00. The Bertz CT molecular complexity index is 1150. The Labute approximate surface area is 216 Å². The average molecular weight is 512 g/mol. The summed E-state index contributed by atoms with van der Waals surface area (Å²) in [6.45, 7) is 4.27. The van der Waals surface area contributed by atoms with E-state index in [1.807, 2.05) is 12.1 Å². The number of carbonyl (C=O) groups excluding carboxylic acids is 2. The number of aliphatic hydroxyl groups is 1. The molecule has 1 aromatic heterocycles. The van der Waals surface area contributed by atoms with Gasteiger partial charge in [0.15, 0.2) is 12.6 Å². The molecule has 2 aromatic carbocycles. The van der Waals surface area contributed by atoms with Crippen LogP contribution in [-0.4, -0.2) is 58.7 Å². The van der Waals surface area contributed by atoms with Gasteiger partial charge in [-0.25, -0.2) is 4.79 Å². The van der Waals surface area contributed by atoms with Crippen molar-refractivity contribution in [1.29, 1.82) is 0 Å². The van der Waals surface area contributed by atoms with E-state index in [0.717, 1.165) is 25.9 Å². The van der Waals surface area contributed by atoms with Crippen LogP contribution in [0.15, 0.2) is 71.3 Å². The highest BCUT2D eigenvalue weighted by Gasteiger charge is 2.51. The summed E-state index contributed by atoms with van der Waals surface area (Å²) >= 11 is 0. The third-order valence-corrected chi connectivity index (χ3v) is 7.32. The molecule has 2 bridgehead atoms. The van der Waals surface area contributed by atoms with Gasteiger partial charge in [-0.3, -0.25) is 10.1 Å². The molecule has 3 aliphatic rings. The van der Waals surface area contributed by atoms with Gasteiger partial charge in [0.1, 0.15) is 12.8 Å².